The molecule has 0 fully saturated rings. The van der Waals surface area contributed by atoms with Crippen LogP contribution in [0.4, 0.5) is 5.69 Å². The summed E-state index contributed by atoms with van der Waals surface area (Å²) in [5, 5.41) is 13.9. The van der Waals surface area contributed by atoms with Crippen LogP contribution in [0, 0.1) is 11.3 Å². The number of benzene rings is 3. The Kier molecular flexibility index (Phi) is 5.49. The Morgan fingerprint density at radius 1 is 1.07 bits per heavy atom. The zero-order valence-corrected chi connectivity index (χ0v) is 15.6. The highest BCUT2D eigenvalue weighted by molar-refractivity contribution is 6.32. The Labute approximate surface area is 162 Å². The van der Waals surface area contributed by atoms with Crippen LogP contribution in [-0.4, -0.2) is 19.1 Å². The van der Waals surface area contributed by atoms with E-state index in [1.165, 1.54) is 6.07 Å². The molecule has 0 spiro atoms. The molecule has 0 bridgehead atoms. The molecule has 3 rings (SSSR count). The molecule has 136 valence electrons. The first kappa shape index (κ1) is 18.6. The molecule has 1 N–H and O–H groups in total. The smallest absolute Gasteiger partial charge is 0.265 e. The number of hydrogen-bond donors (Lipinski definition) is 1. The Hall–Kier alpha value is -3.23. The van der Waals surface area contributed by atoms with E-state index in [2.05, 4.69) is 5.32 Å². The second-order valence-electron chi connectivity index (χ2n) is 5.93. The summed E-state index contributed by atoms with van der Waals surface area (Å²) in [5.74, 6) is 1.01. The topological polar surface area (TPSA) is 71.3 Å². The van der Waals surface area contributed by atoms with Gasteiger partial charge in [0.1, 0.15) is 17.6 Å². The molecule has 1 atom stereocenters. The number of nitrogens with zero attached hydrogens (tertiary/aromatic N) is 1. The molecule has 3 aromatic carbocycles. The van der Waals surface area contributed by atoms with E-state index in [-0.39, 0.29) is 10.9 Å². The molecule has 0 saturated carbocycles. The first-order valence-electron chi connectivity index (χ1n) is 8.25. The number of ether oxygens (including phenoxy) is 2. The second-order valence-corrected chi connectivity index (χ2v) is 6.34. The van der Waals surface area contributed by atoms with Crippen molar-refractivity contribution in [2.45, 2.75) is 13.0 Å². The summed E-state index contributed by atoms with van der Waals surface area (Å²) in [5.41, 5.74) is 0.855. The van der Waals surface area contributed by atoms with Gasteiger partial charge >= 0.3 is 0 Å². The van der Waals surface area contributed by atoms with Crippen LogP contribution in [0.2, 0.25) is 5.02 Å². The van der Waals surface area contributed by atoms with Crippen molar-refractivity contribution < 1.29 is 14.3 Å². The van der Waals surface area contributed by atoms with Crippen LogP contribution in [0.1, 0.15) is 12.5 Å². The molecule has 0 aliphatic heterocycles. The molecular weight excluding hydrogens is 364 g/mol. The summed E-state index contributed by atoms with van der Waals surface area (Å²) in [6.07, 6.45) is -0.720. The molecule has 0 saturated heterocycles. The molecule has 0 aromatic heterocycles. The van der Waals surface area contributed by atoms with Crippen LogP contribution in [0.15, 0.2) is 54.6 Å². The van der Waals surface area contributed by atoms with Gasteiger partial charge in [-0.15, -0.1) is 0 Å². The fourth-order valence-corrected chi connectivity index (χ4v) is 2.81. The Balaban J connectivity index is 1.71. The van der Waals surface area contributed by atoms with Crippen LogP contribution < -0.4 is 14.8 Å². The lowest BCUT2D eigenvalue weighted by Crippen LogP contribution is -2.30. The highest BCUT2D eigenvalue weighted by Gasteiger charge is 2.16. The zero-order valence-electron chi connectivity index (χ0n) is 14.8. The number of halogens is 1. The second kappa shape index (κ2) is 7.98. The summed E-state index contributed by atoms with van der Waals surface area (Å²) >= 11 is 5.99. The van der Waals surface area contributed by atoms with E-state index >= 15 is 0 Å². The van der Waals surface area contributed by atoms with E-state index in [9.17, 15) is 4.79 Å². The third-order valence-electron chi connectivity index (χ3n) is 4.06. The van der Waals surface area contributed by atoms with Gasteiger partial charge in [0, 0.05) is 5.69 Å². The minimum Gasteiger partial charge on any atom is -0.497 e. The maximum absolute atomic E-state index is 12.4. The van der Waals surface area contributed by atoms with E-state index < -0.39 is 6.10 Å². The third-order valence-corrected chi connectivity index (χ3v) is 4.37. The number of amides is 1. The number of anilines is 1. The Bertz CT molecular complexity index is 1040. The number of fused-ring (bicyclic) bond motifs is 1. The molecule has 5 nitrogen and oxygen atoms in total. The highest BCUT2D eigenvalue weighted by atomic mass is 35.5. The summed E-state index contributed by atoms with van der Waals surface area (Å²) in [6.45, 7) is 1.66. The lowest BCUT2D eigenvalue weighted by Gasteiger charge is -2.15. The number of nitriles is 1. The molecule has 3 aromatic rings. The van der Waals surface area contributed by atoms with Gasteiger partial charge in [0.05, 0.1) is 17.7 Å². The molecular formula is C21H17ClN2O3. The van der Waals surface area contributed by atoms with Gasteiger partial charge in [-0.25, -0.2) is 0 Å². The molecule has 0 aliphatic carbocycles. The maximum atomic E-state index is 12.4. The molecule has 0 aliphatic rings. The molecule has 1 amide bonds. The summed E-state index contributed by atoms with van der Waals surface area (Å²) in [6, 6.07) is 18.1. The van der Waals surface area contributed by atoms with E-state index in [0.29, 0.717) is 17.0 Å². The summed E-state index contributed by atoms with van der Waals surface area (Å²) in [4.78, 5) is 12.4. The van der Waals surface area contributed by atoms with Crippen LogP contribution in [-0.2, 0) is 4.79 Å². The van der Waals surface area contributed by atoms with E-state index in [1.54, 1.807) is 26.2 Å². The average molecular weight is 381 g/mol. The number of rotatable bonds is 5. The van der Waals surface area contributed by atoms with Crippen LogP contribution >= 0.6 is 11.6 Å². The molecule has 27 heavy (non-hydrogen) atoms. The van der Waals surface area contributed by atoms with Crippen molar-refractivity contribution in [3.63, 3.8) is 0 Å². The van der Waals surface area contributed by atoms with Crippen molar-refractivity contribution in [2.24, 2.45) is 0 Å². The van der Waals surface area contributed by atoms with E-state index in [0.717, 1.165) is 16.5 Å². The van der Waals surface area contributed by atoms with Gasteiger partial charge in [-0.2, -0.15) is 5.26 Å². The van der Waals surface area contributed by atoms with Crippen molar-refractivity contribution in [3.8, 4) is 17.6 Å². The van der Waals surface area contributed by atoms with Crippen LogP contribution in [0.5, 0.6) is 11.5 Å². The SMILES string of the molecule is COc1ccc2ccc(O[C@@H](C)C(=O)Nc3ccc(C#N)c(Cl)c3)cc2c1. The lowest BCUT2D eigenvalue weighted by molar-refractivity contribution is -0.122. The molecule has 0 radical (unpaired) electrons. The van der Waals surface area contributed by atoms with Crippen LogP contribution in [0.25, 0.3) is 10.8 Å². The van der Waals surface area contributed by atoms with Crippen molar-refractivity contribution in [1.82, 2.24) is 0 Å². The standard InChI is InChI=1S/C21H17ClN2O3/c1-13(21(25)24-17-6-3-15(12-23)20(22)11-17)27-19-8-5-14-4-7-18(26-2)9-16(14)10-19/h3-11,13H,1-2H3,(H,24,25)/t13-/m0/s1. The first-order valence-corrected chi connectivity index (χ1v) is 8.63. The van der Waals surface area contributed by atoms with Gasteiger partial charge in [0.2, 0.25) is 0 Å². The number of nitrogens with one attached hydrogen (secondary N) is 1. The Morgan fingerprint density at radius 3 is 2.44 bits per heavy atom. The molecule has 6 heteroatoms. The van der Waals surface area contributed by atoms with E-state index in [1.807, 2.05) is 42.5 Å². The van der Waals surface area contributed by atoms with Gasteiger partial charge in [0.15, 0.2) is 6.10 Å². The van der Waals surface area contributed by atoms with Crippen molar-refractivity contribution in [2.75, 3.05) is 12.4 Å². The molecule has 0 unspecified atom stereocenters. The zero-order chi connectivity index (χ0) is 19.4. The number of methoxy groups -OCH3 is 1. The quantitative estimate of drug-likeness (QED) is 0.691. The highest BCUT2D eigenvalue weighted by Crippen LogP contribution is 2.26. The number of carbonyl (C=O) groups excluding carboxylic acids is 1. The predicted molar refractivity (Wildman–Crippen MR) is 105 cm³/mol. The summed E-state index contributed by atoms with van der Waals surface area (Å²) < 4.78 is 11.0. The largest absolute Gasteiger partial charge is 0.497 e. The first-order chi connectivity index (χ1) is 13.0. The summed E-state index contributed by atoms with van der Waals surface area (Å²) in [7, 11) is 1.61. The Morgan fingerprint density at radius 2 is 1.78 bits per heavy atom. The minimum absolute atomic E-state index is 0.285. The van der Waals surface area contributed by atoms with Gasteiger partial charge in [-0.1, -0.05) is 23.7 Å². The fourth-order valence-electron chi connectivity index (χ4n) is 2.59. The minimum atomic E-state index is -0.720. The van der Waals surface area contributed by atoms with Crippen molar-refractivity contribution in [1.29, 1.82) is 5.26 Å². The van der Waals surface area contributed by atoms with Crippen molar-refractivity contribution >= 4 is 34.0 Å². The van der Waals surface area contributed by atoms with E-state index in [4.69, 9.17) is 26.3 Å². The molecule has 0 heterocycles. The fraction of sp³-hybridized carbons (Fsp3) is 0.143. The maximum Gasteiger partial charge on any atom is 0.265 e. The van der Waals surface area contributed by atoms with Gasteiger partial charge in [0.25, 0.3) is 5.91 Å². The average Bonchev–Trinajstić information content (AvgIpc) is 2.67. The monoisotopic (exact) mass is 380 g/mol. The number of carbonyl (C=O) groups is 1. The lowest BCUT2D eigenvalue weighted by atomic mass is 10.1. The van der Waals surface area contributed by atoms with Gasteiger partial charge in [-0.3, -0.25) is 4.79 Å². The third kappa shape index (κ3) is 4.30. The van der Waals surface area contributed by atoms with Gasteiger partial charge in [-0.05, 0) is 60.2 Å². The van der Waals surface area contributed by atoms with Gasteiger partial charge < -0.3 is 14.8 Å². The van der Waals surface area contributed by atoms with Crippen molar-refractivity contribution in [3.05, 3.63) is 65.2 Å². The predicted octanol–water partition coefficient (Wildman–Crippen LogP) is 4.78. The van der Waals surface area contributed by atoms with Crippen LogP contribution in [0.3, 0.4) is 0 Å². The normalized spacial score (nSPS) is 11.5. The number of hydrogen-bond acceptors (Lipinski definition) is 4.